The van der Waals surface area contributed by atoms with E-state index in [4.69, 9.17) is 9.47 Å². The minimum Gasteiger partial charge on any atom is -0.350 e. The van der Waals surface area contributed by atoms with E-state index in [-0.39, 0.29) is 10.3 Å². The van der Waals surface area contributed by atoms with Gasteiger partial charge in [0.05, 0.1) is 18.7 Å². The van der Waals surface area contributed by atoms with Crippen LogP contribution in [0.4, 0.5) is 0 Å². The van der Waals surface area contributed by atoms with Crippen LogP contribution in [0.3, 0.4) is 0 Å². The Morgan fingerprint density at radius 2 is 1.75 bits per heavy atom. The average molecular weight is 348 g/mol. The summed E-state index contributed by atoms with van der Waals surface area (Å²) in [5.41, 5.74) is 0.277. The van der Waals surface area contributed by atoms with E-state index in [0.717, 1.165) is 5.39 Å². The van der Waals surface area contributed by atoms with E-state index in [9.17, 15) is 8.42 Å². The summed E-state index contributed by atoms with van der Waals surface area (Å²) in [5.74, 6) is -0.593. The number of sulfonamides is 1. The molecule has 0 aliphatic carbocycles. The second-order valence-corrected chi connectivity index (χ2v) is 8.99. The zero-order valence-corrected chi connectivity index (χ0v) is 14.5. The number of hydrogen-bond donors (Lipinski definition) is 0. The topological polar surface area (TPSA) is 68.7 Å². The Morgan fingerprint density at radius 1 is 1.08 bits per heavy atom. The fourth-order valence-electron chi connectivity index (χ4n) is 3.22. The van der Waals surface area contributed by atoms with Gasteiger partial charge in [0, 0.05) is 30.1 Å². The van der Waals surface area contributed by atoms with E-state index in [2.05, 4.69) is 4.98 Å². The summed E-state index contributed by atoms with van der Waals surface area (Å²) < 4.78 is 38.9. The van der Waals surface area contributed by atoms with Crippen molar-refractivity contribution in [2.24, 2.45) is 5.41 Å². The van der Waals surface area contributed by atoms with Crippen molar-refractivity contribution in [2.75, 3.05) is 26.3 Å². The third-order valence-electron chi connectivity index (χ3n) is 4.69. The van der Waals surface area contributed by atoms with E-state index in [1.54, 1.807) is 24.4 Å². The first-order chi connectivity index (χ1) is 11.3. The van der Waals surface area contributed by atoms with Crippen molar-refractivity contribution in [3.8, 4) is 0 Å². The number of aromatic nitrogens is 1. The van der Waals surface area contributed by atoms with Crippen LogP contribution < -0.4 is 0 Å². The number of ether oxygens (including phenoxy) is 2. The fourth-order valence-corrected chi connectivity index (χ4v) is 5.05. The highest BCUT2D eigenvalue weighted by atomic mass is 32.2. The van der Waals surface area contributed by atoms with Gasteiger partial charge in [0.1, 0.15) is 4.90 Å². The Balaban J connectivity index is 1.59. The van der Waals surface area contributed by atoms with E-state index in [0.29, 0.717) is 31.8 Å². The van der Waals surface area contributed by atoms with Gasteiger partial charge < -0.3 is 9.47 Å². The van der Waals surface area contributed by atoms with E-state index in [1.807, 2.05) is 26.0 Å². The Bertz CT molecular complexity index is 871. The summed E-state index contributed by atoms with van der Waals surface area (Å²) in [4.78, 5) is 4.51. The quantitative estimate of drug-likeness (QED) is 0.830. The molecule has 0 unspecified atom stereocenters. The summed E-state index contributed by atoms with van der Waals surface area (Å²) in [7, 11) is -3.57. The molecule has 2 fully saturated rings. The summed E-state index contributed by atoms with van der Waals surface area (Å²) >= 11 is 0. The molecule has 0 atom stereocenters. The highest BCUT2D eigenvalue weighted by molar-refractivity contribution is 7.89. The third-order valence-corrected chi connectivity index (χ3v) is 6.51. The van der Waals surface area contributed by atoms with Crippen LogP contribution in [0.5, 0.6) is 0 Å². The third kappa shape index (κ3) is 2.52. The van der Waals surface area contributed by atoms with Crippen molar-refractivity contribution < 1.29 is 17.9 Å². The first kappa shape index (κ1) is 16.0. The Hall–Kier alpha value is -1.54. The van der Waals surface area contributed by atoms with Crippen molar-refractivity contribution in [3.05, 3.63) is 36.5 Å². The molecule has 6 nitrogen and oxygen atoms in total. The van der Waals surface area contributed by atoms with Crippen LogP contribution in [0.25, 0.3) is 10.9 Å². The first-order valence-corrected chi connectivity index (χ1v) is 9.37. The summed E-state index contributed by atoms with van der Waals surface area (Å²) in [6.07, 6.45) is 1.61. The van der Waals surface area contributed by atoms with Crippen LogP contribution >= 0.6 is 0 Å². The van der Waals surface area contributed by atoms with Gasteiger partial charge in [0.25, 0.3) is 0 Å². The average Bonchev–Trinajstić information content (AvgIpc) is 2.52. The van der Waals surface area contributed by atoms with Crippen molar-refractivity contribution in [1.29, 1.82) is 0 Å². The molecule has 2 saturated heterocycles. The van der Waals surface area contributed by atoms with Crippen LogP contribution in [0.15, 0.2) is 41.4 Å². The van der Waals surface area contributed by atoms with E-state index in [1.165, 1.54) is 4.31 Å². The Labute approximate surface area is 141 Å². The molecule has 0 radical (unpaired) electrons. The number of benzene rings is 1. The van der Waals surface area contributed by atoms with Crippen molar-refractivity contribution >= 4 is 20.9 Å². The maximum absolute atomic E-state index is 13.0. The molecule has 128 valence electrons. The number of pyridine rings is 1. The molecule has 1 aromatic carbocycles. The van der Waals surface area contributed by atoms with Gasteiger partial charge >= 0.3 is 0 Å². The summed E-state index contributed by atoms with van der Waals surface area (Å²) in [6, 6.07) is 8.90. The number of fused-ring (bicyclic) bond motifs is 1. The highest BCUT2D eigenvalue weighted by Crippen LogP contribution is 2.40. The molecule has 0 saturated carbocycles. The zero-order valence-electron chi connectivity index (χ0n) is 13.7. The molecule has 0 bridgehead atoms. The number of hydrogen-bond acceptors (Lipinski definition) is 5. The van der Waals surface area contributed by atoms with E-state index >= 15 is 0 Å². The molecular weight excluding hydrogens is 328 g/mol. The molecule has 2 aromatic rings. The van der Waals surface area contributed by atoms with Gasteiger partial charge in [0.15, 0.2) is 5.79 Å². The summed E-state index contributed by atoms with van der Waals surface area (Å²) in [6.45, 7) is 5.59. The lowest BCUT2D eigenvalue weighted by Gasteiger charge is -2.53. The lowest BCUT2D eigenvalue weighted by atomic mass is 9.82. The van der Waals surface area contributed by atoms with Crippen LogP contribution in [-0.4, -0.2) is 49.8 Å². The van der Waals surface area contributed by atoms with Crippen LogP contribution in [0, 0.1) is 5.41 Å². The van der Waals surface area contributed by atoms with Gasteiger partial charge in [-0.1, -0.05) is 18.2 Å². The van der Waals surface area contributed by atoms with Gasteiger partial charge in [-0.2, -0.15) is 4.31 Å². The summed E-state index contributed by atoms with van der Waals surface area (Å²) in [5, 5.41) is 0.819. The smallest absolute Gasteiger partial charge is 0.245 e. The molecular formula is C17H20N2O4S. The van der Waals surface area contributed by atoms with Gasteiger partial charge in [-0.15, -0.1) is 0 Å². The van der Waals surface area contributed by atoms with Crippen molar-refractivity contribution in [2.45, 2.75) is 24.5 Å². The lowest BCUT2D eigenvalue weighted by molar-refractivity contribution is -0.299. The standard InChI is InChI=1S/C17H20N2O4S/c1-16(2)22-11-17(12-23-16)9-19(10-17)24(20,21)14-7-3-5-13-6-4-8-18-15(13)14/h3-8H,9-12H2,1-2H3. The minimum absolute atomic E-state index is 0.236. The molecule has 0 amide bonds. The highest BCUT2D eigenvalue weighted by Gasteiger charge is 2.52. The molecule has 1 spiro atoms. The van der Waals surface area contributed by atoms with Crippen molar-refractivity contribution in [1.82, 2.24) is 9.29 Å². The zero-order chi connectivity index (χ0) is 17.0. The molecule has 2 aliphatic rings. The fraction of sp³-hybridized carbons (Fsp3) is 0.471. The maximum Gasteiger partial charge on any atom is 0.245 e. The van der Waals surface area contributed by atoms with Gasteiger partial charge in [0.2, 0.25) is 10.0 Å². The molecule has 3 heterocycles. The number of nitrogens with zero attached hydrogens (tertiary/aromatic N) is 2. The van der Waals surface area contributed by atoms with Crippen LogP contribution in [-0.2, 0) is 19.5 Å². The first-order valence-electron chi connectivity index (χ1n) is 7.93. The largest absolute Gasteiger partial charge is 0.350 e. The molecule has 7 heteroatoms. The monoisotopic (exact) mass is 348 g/mol. The molecule has 0 N–H and O–H groups in total. The molecule has 1 aromatic heterocycles. The molecule has 4 rings (SSSR count). The number of para-hydroxylation sites is 1. The molecule has 24 heavy (non-hydrogen) atoms. The van der Waals surface area contributed by atoms with Crippen LogP contribution in [0.2, 0.25) is 0 Å². The predicted molar refractivity (Wildman–Crippen MR) is 88.9 cm³/mol. The second kappa shape index (κ2) is 5.23. The number of rotatable bonds is 2. The van der Waals surface area contributed by atoms with Crippen molar-refractivity contribution in [3.63, 3.8) is 0 Å². The van der Waals surface area contributed by atoms with Gasteiger partial charge in [-0.05, 0) is 26.0 Å². The Morgan fingerprint density at radius 3 is 2.46 bits per heavy atom. The van der Waals surface area contributed by atoms with E-state index < -0.39 is 15.8 Å². The molecule has 2 aliphatic heterocycles. The maximum atomic E-state index is 13.0. The Kier molecular flexibility index (Phi) is 3.47. The normalized spacial score (nSPS) is 23.2. The minimum atomic E-state index is -3.57. The van der Waals surface area contributed by atoms with Gasteiger partial charge in [-0.25, -0.2) is 8.42 Å². The second-order valence-electron chi connectivity index (χ2n) is 7.08. The lowest BCUT2D eigenvalue weighted by Crippen LogP contribution is -2.65. The SMILES string of the molecule is CC1(C)OCC2(CO1)CN(S(=O)(=O)c1cccc3cccnc13)C2. The van der Waals surface area contributed by atoms with Gasteiger partial charge in [-0.3, -0.25) is 4.98 Å². The predicted octanol–water partition coefficient (Wildman–Crippen LogP) is 2.01. The van der Waals surface area contributed by atoms with Crippen LogP contribution in [0.1, 0.15) is 13.8 Å².